The maximum absolute atomic E-state index is 5.88. The first-order chi connectivity index (χ1) is 8.81. The minimum atomic E-state index is 0.517. The number of nitrogens with one attached hydrogen (secondary N) is 1. The van der Waals surface area contributed by atoms with Crippen LogP contribution in [0.15, 0.2) is 34.2 Å². The van der Waals surface area contributed by atoms with Gasteiger partial charge in [0.15, 0.2) is 5.58 Å². The van der Waals surface area contributed by atoms with E-state index in [-0.39, 0.29) is 0 Å². The van der Waals surface area contributed by atoms with E-state index in [0.717, 1.165) is 23.5 Å². The number of nitrogens with zero attached hydrogens (tertiary/aromatic N) is 2. The van der Waals surface area contributed by atoms with Crippen molar-refractivity contribution in [1.82, 2.24) is 9.97 Å². The topological polar surface area (TPSA) is 51.0 Å². The van der Waals surface area contributed by atoms with Gasteiger partial charge in [0.2, 0.25) is 0 Å². The van der Waals surface area contributed by atoms with Crippen molar-refractivity contribution >= 4 is 40.1 Å². The van der Waals surface area contributed by atoms with Gasteiger partial charge in [-0.1, -0.05) is 11.6 Å². The second-order valence-corrected chi connectivity index (χ2v) is 5.15. The summed E-state index contributed by atoms with van der Waals surface area (Å²) in [5, 5.41) is 6.85. The summed E-state index contributed by atoms with van der Waals surface area (Å²) in [6.45, 7) is 0.744. The molecule has 0 aliphatic rings. The molecule has 3 aromatic rings. The van der Waals surface area contributed by atoms with Crippen LogP contribution in [-0.4, -0.2) is 16.5 Å². The number of hydrogen-bond donors (Lipinski definition) is 1. The van der Waals surface area contributed by atoms with Crippen LogP contribution in [0.5, 0.6) is 0 Å². The lowest BCUT2D eigenvalue weighted by Gasteiger charge is -1.98. The maximum atomic E-state index is 5.88. The molecule has 1 aromatic carbocycles. The third-order valence-electron chi connectivity index (χ3n) is 2.45. The normalized spacial score (nSPS) is 10.9. The summed E-state index contributed by atoms with van der Waals surface area (Å²) in [6.07, 6.45) is 2.67. The molecule has 0 aliphatic carbocycles. The van der Waals surface area contributed by atoms with Crippen molar-refractivity contribution in [2.45, 2.75) is 6.42 Å². The molecule has 0 fully saturated rings. The van der Waals surface area contributed by atoms with Crippen LogP contribution in [-0.2, 0) is 6.42 Å². The molecule has 0 radical (unpaired) electrons. The number of benzene rings is 1. The standard InChI is InChI=1S/C12H10ClN3OS/c13-8-1-2-9-10(7-8)17-12(16-9)15-4-3-11-14-5-6-18-11/h1-2,5-7H,3-4H2,(H,15,16). The van der Waals surface area contributed by atoms with Gasteiger partial charge in [0, 0.05) is 35.6 Å². The van der Waals surface area contributed by atoms with Gasteiger partial charge >= 0.3 is 0 Å². The predicted molar refractivity (Wildman–Crippen MR) is 73.3 cm³/mol. The van der Waals surface area contributed by atoms with Crippen LogP contribution in [0.3, 0.4) is 0 Å². The van der Waals surface area contributed by atoms with Crippen molar-refractivity contribution in [1.29, 1.82) is 0 Å². The van der Waals surface area contributed by atoms with Crippen LogP contribution in [0, 0.1) is 0 Å². The van der Waals surface area contributed by atoms with Crippen molar-refractivity contribution in [3.05, 3.63) is 39.8 Å². The predicted octanol–water partition coefficient (Wildman–Crippen LogP) is 3.59. The minimum absolute atomic E-state index is 0.517. The van der Waals surface area contributed by atoms with Crippen molar-refractivity contribution in [2.75, 3.05) is 11.9 Å². The zero-order valence-electron chi connectivity index (χ0n) is 9.39. The second-order valence-electron chi connectivity index (χ2n) is 3.73. The van der Waals surface area contributed by atoms with E-state index in [9.17, 15) is 0 Å². The molecule has 2 aromatic heterocycles. The first kappa shape index (κ1) is 11.5. The molecule has 0 saturated carbocycles. The average Bonchev–Trinajstić information content (AvgIpc) is 2.97. The molecule has 0 unspecified atom stereocenters. The number of thiazole rings is 1. The van der Waals surface area contributed by atoms with Crippen molar-refractivity contribution in [3.8, 4) is 0 Å². The Morgan fingerprint density at radius 2 is 2.33 bits per heavy atom. The highest BCUT2D eigenvalue weighted by Crippen LogP contribution is 2.22. The first-order valence-electron chi connectivity index (χ1n) is 5.49. The Morgan fingerprint density at radius 1 is 1.39 bits per heavy atom. The van der Waals surface area contributed by atoms with E-state index in [1.54, 1.807) is 29.7 Å². The van der Waals surface area contributed by atoms with Gasteiger partial charge in [-0.25, -0.2) is 4.98 Å². The van der Waals surface area contributed by atoms with Crippen LogP contribution < -0.4 is 5.32 Å². The Bertz CT molecular complexity index is 650. The number of anilines is 1. The Kier molecular flexibility index (Phi) is 3.17. The molecule has 6 heteroatoms. The van der Waals surface area contributed by atoms with E-state index in [2.05, 4.69) is 15.3 Å². The number of rotatable bonds is 4. The third-order valence-corrected chi connectivity index (χ3v) is 3.52. The summed E-state index contributed by atoms with van der Waals surface area (Å²) in [6, 6.07) is 5.92. The van der Waals surface area contributed by atoms with Gasteiger partial charge in [0.05, 0.1) is 5.01 Å². The summed E-state index contributed by atoms with van der Waals surface area (Å²) >= 11 is 7.53. The fourth-order valence-electron chi connectivity index (χ4n) is 1.63. The quantitative estimate of drug-likeness (QED) is 0.793. The molecular formula is C12H10ClN3OS. The highest BCUT2D eigenvalue weighted by Gasteiger charge is 2.05. The van der Waals surface area contributed by atoms with Gasteiger partial charge in [-0.3, -0.25) is 0 Å². The molecule has 0 atom stereocenters. The largest absolute Gasteiger partial charge is 0.424 e. The molecule has 1 N–H and O–H groups in total. The number of hydrogen-bond acceptors (Lipinski definition) is 5. The second kappa shape index (κ2) is 4.96. The molecule has 92 valence electrons. The number of oxazole rings is 1. The van der Waals surface area contributed by atoms with Crippen molar-refractivity contribution in [3.63, 3.8) is 0 Å². The lowest BCUT2D eigenvalue weighted by atomic mass is 10.3. The van der Waals surface area contributed by atoms with E-state index in [0.29, 0.717) is 16.6 Å². The fraction of sp³-hybridized carbons (Fsp3) is 0.167. The van der Waals surface area contributed by atoms with E-state index in [4.69, 9.17) is 16.0 Å². The van der Waals surface area contributed by atoms with Crippen LogP contribution in [0.25, 0.3) is 11.1 Å². The fourth-order valence-corrected chi connectivity index (χ4v) is 2.41. The minimum Gasteiger partial charge on any atom is -0.424 e. The monoisotopic (exact) mass is 279 g/mol. The van der Waals surface area contributed by atoms with Crippen molar-refractivity contribution < 1.29 is 4.42 Å². The lowest BCUT2D eigenvalue weighted by molar-refractivity contribution is 0.614. The molecule has 2 heterocycles. The zero-order valence-corrected chi connectivity index (χ0v) is 11.0. The third kappa shape index (κ3) is 2.47. The highest BCUT2D eigenvalue weighted by molar-refractivity contribution is 7.09. The SMILES string of the molecule is Clc1ccc2nc(NCCc3nccs3)oc2c1. The molecular weight excluding hydrogens is 270 g/mol. The van der Waals surface area contributed by atoms with Gasteiger partial charge < -0.3 is 9.73 Å². The van der Waals surface area contributed by atoms with Crippen LogP contribution >= 0.6 is 22.9 Å². The van der Waals surface area contributed by atoms with Crippen LogP contribution in [0.4, 0.5) is 6.01 Å². The van der Waals surface area contributed by atoms with E-state index >= 15 is 0 Å². The van der Waals surface area contributed by atoms with Gasteiger partial charge in [-0.15, -0.1) is 11.3 Å². The van der Waals surface area contributed by atoms with E-state index < -0.39 is 0 Å². The summed E-state index contributed by atoms with van der Waals surface area (Å²) in [4.78, 5) is 8.53. The summed E-state index contributed by atoms with van der Waals surface area (Å²) in [5.41, 5.74) is 1.50. The van der Waals surface area contributed by atoms with E-state index in [1.807, 2.05) is 11.4 Å². The average molecular weight is 280 g/mol. The molecule has 0 aliphatic heterocycles. The van der Waals surface area contributed by atoms with Gasteiger partial charge in [0.25, 0.3) is 6.01 Å². The summed E-state index contributed by atoms with van der Waals surface area (Å²) < 4.78 is 5.54. The number of halogens is 1. The molecule has 4 nitrogen and oxygen atoms in total. The van der Waals surface area contributed by atoms with E-state index in [1.165, 1.54) is 0 Å². The Balaban J connectivity index is 1.67. The van der Waals surface area contributed by atoms with Gasteiger partial charge in [-0.2, -0.15) is 4.98 Å². The molecule has 18 heavy (non-hydrogen) atoms. The summed E-state index contributed by atoms with van der Waals surface area (Å²) in [7, 11) is 0. The Morgan fingerprint density at radius 3 is 3.17 bits per heavy atom. The smallest absolute Gasteiger partial charge is 0.295 e. The molecule has 0 spiro atoms. The van der Waals surface area contributed by atoms with Crippen LogP contribution in [0.2, 0.25) is 5.02 Å². The maximum Gasteiger partial charge on any atom is 0.295 e. The molecule has 0 saturated heterocycles. The van der Waals surface area contributed by atoms with Crippen molar-refractivity contribution in [2.24, 2.45) is 0 Å². The molecule has 3 rings (SSSR count). The Labute approximate surface area is 113 Å². The summed E-state index contributed by atoms with van der Waals surface area (Å²) in [5.74, 6) is 0. The molecule has 0 bridgehead atoms. The number of fused-ring (bicyclic) bond motifs is 1. The molecule has 0 amide bonds. The number of aromatic nitrogens is 2. The lowest BCUT2D eigenvalue weighted by Crippen LogP contribution is -2.04. The Hall–Kier alpha value is -1.59. The zero-order chi connectivity index (χ0) is 12.4. The first-order valence-corrected chi connectivity index (χ1v) is 6.75. The van der Waals surface area contributed by atoms with Gasteiger partial charge in [0.1, 0.15) is 5.52 Å². The van der Waals surface area contributed by atoms with Gasteiger partial charge in [-0.05, 0) is 12.1 Å². The highest BCUT2D eigenvalue weighted by atomic mass is 35.5. The van der Waals surface area contributed by atoms with Crippen LogP contribution in [0.1, 0.15) is 5.01 Å².